The van der Waals surface area contributed by atoms with Crippen molar-refractivity contribution in [3.8, 4) is 27.7 Å². The van der Waals surface area contributed by atoms with Crippen molar-refractivity contribution in [2.45, 2.75) is 6.61 Å². The summed E-state index contributed by atoms with van der Waals surface area (Å²) in [5.74, 6) is 2.24. The van der Waals surface area contributed by atoms with E-state index >= 15 is 0 Å². The predicted octanol–water partition coefficient (Wildman–Crippen LogP) is 2.69. The first-order valence-corrected chi connectivity index (χ1v) is 6.81. The van der Waals surface area contributed by atoms with Gasteiger partial charge in [-0.25, -0.2) is 0 Å². The van der Waals surface area contributed by atoms with E-state index < -0.39 is 0 Å². The minimum Gasteiger partial charge on any atom is -0.497 e. The fraction of sp³-hybridized carbons (Fsp3) is 0.286. The van der Waals surface area contributed by atoms with Crippen LogP contribution in [-0.2, 0) is 6.61 Å². The van der Waals surface area contributed by atoms with E-state index in [2.05, 4.69) is 0 Å². The molecule has 0 unspecified atom stereocenters. The number of fused-ring (bicyclic) bond motifs is 1. The monoisotopic (exact) mass is 278 g/mol. The Labute approximate surface area is 115 Å². The molecule has 0 aliphatic carbocycles. The van der Waals surface area contributed by atoms with Gasteiger partial charge >= 0.3 is 0 Å². The minimum atomic E-state index is -0.0352. The zero-order chi connectivity index (χ0) is 13.2. The molecule has 19 heavy (non-hydrogen) atoms. The standard InChI is InChI=1S/C14H14O4S/c1-16-10-4-2-9(3-5-10)14-13-12(11(8-15)19-14)17-6-7-18-13/h2-5,15H,6-8H2,1H3. The molecule has 4 nitrogen and oxygen atoms in total. The van der Waals surface area contributed by atoms with Crippen LogP contribution >= 0.6 is 11.3 Å². The summed E-state index contributed by atoms with van der Waals surface area (Å²) in [6.07, 6.45) is 0. The third-order valence-corrected chi connectivity index (χ3v) is 4.15. The first-order valence-electron chi connectivity index (χ1n) is 6.00. The highest BCUT2D eigenvalue weighted by atomic mass is 32.1. The highest BCUT2D eigenvalue weighted by Crippen LogP contribution is 2.49. The molecule has 0 amide bonds. The number of benzene rings is 1. The molecule has 1 aromatic heterocycles. The van der Waals surface area contributed by atoms with Gasteiger partial charge in [0.2, 0.25) is 0 Å². The molecule has 2 aromatic rings. The van der Waals surface area contributed by atoms with Crippen molar-refractivity contribution >= 4 is 11.3 Å². The highest BCUT2D eigenvalue weighted by molar-refractivity contribution is 7.16. The number of aliphatic hydroxyl groups is 1. The molecule has 0 saturated heterocycles. The molecule has 1 aromatic carbocycles. The number of ether oxygens (including phenoxy) is 3. The van der Waals surface area contributed by atoms with Gasteiger partial charge in [0.1, 0.15) is 19.0 Å². The van der Waals surface area contributed by atoms with Crippen LogP contribution in [-0.4, -0.2) is 25.4 Å². The van der Waals surface area contributed by atoms with Gasteiger partial charge in [-0.2, -0.15) is 0 Å². The summed E-state index contributed by atoms with van der Waals surface area (Å²) in [5, 5.41) is 9.39. The van der Waals surface area contributed by atoms with E-state index in [1.165, 1.54) is 11.3 Å². The lowest BCUT2D eigenvalue weighted by molar-refractivity contribution is 0.169. The average Bonchev–Trinajstić information content (AvgIpc) is 2.86. The molecular weight excluding hydrogens is 264 g/mol. The molecule has 0 fully saturated rings. The summed E-state index contributed by atoms with van der Waals surface area (Å²) in [5.41, 5.74) is 1.03. The van der Waals surface area contributed by atoms with Crippen molar-refractivity contribution < 1.29 is 19.3 Å². The number of rotatable bonds is 3. The maximum absolute atomic E-state index is 9.39. The van der Waals surface area contributed by atoms with E-state index in [0.29, 0.717) is 19.0 Å². The molecule has 1 N–H and O–H groups in total. The number of aliphatic hydroxyl groups excluding tert-OH is 1. The predicted molar refractivity (Wildman–Crippen MR) is 73.2 cm³/mol. The Hall–Kier alpha value is -1.72. The second kappa shape index (κ2) is 5.11. The van der Waals surface area contributed by atoms with Crippen molar-refractivity contribution in [1.29, 1.82) is 0 Å². The van der Waals surface area contributed by atoms with Gasteiger partial charge in [0.25, 0.3) is 0 Å². The molecule has 2 heterocycles. The van der Waals surface area contributed by atoms with Crippen LogP contribution in [0, 0.1) is 0 Å². The number of thiophene rings is 1. The fourth-order valence-corrected chi connectivity index (χ4v) is 3.10. The normalized spacial score (nSPS) is 13.4. The van der Waals surface area contributed by atoms with Crippen LogP contribution in [0.25, 0.3) is 10.4 Å². The third kappa shape index (κ3) is 2.15. The third-order valence-electron chi connectivity index (χ3n) is 2.96. The molecule has 0 radical (unpaired) electrons. The van der Waals surface area contributed by atoms with Gasteiger partial charge in [-0.3, -0.25) is 0 Å². The van der Waals surface area contributed by atoms with E-state index in [1.54, 1.807) is 7.11 Å². The largest absolute Gasteiger partial charge is 0.497 e. The fourth-order valence-electron chi connectivity index (χ4n) is 2.05. The maximum atomic E-state index is 9.39. The second-order valence-electron chi connectivity index (χ2n) is 4.10. The Balaban J connectivity index is 2.06. The van der Waals surface area contributed by atoms with Gasteiger partial charge in [0.05, 0.1) is 23.5 Å². The van der Waals surface area contributed by atoms with Crippen molar-refractivity contribution in [1.82, 2.24) is 0 Å². The topological polar surface area (TPSA) is 47.9 Å². The van der Waals surface area contributed by atoms with Gasteiger partial charge < -0.3 is 19.3 Å². The van der Waals surface area contributed by atoms with Crippen molar-refractivity contribution in [2.24, 2.45) is 0 Å². The van der Waals surface area contributed by atoms with E-state index in [4.69, 9.17) is 14.2 Å². The summed E-state index contributed by atoms with van der Waals surface area (Å²) < 4.78 is 16.4. The molecular formula is C14H14O4S. The van der Waals surface area contributed by atoms with Gasteiger partial charge in [-0.1, -0.05) is 0 Å². The van der Waals surface area contributed by atoms with E-state index in [-0.39, 0.29) is 6.61 Å². The SMILES string of the molecule is COc1ccc(-c2sc(CO)c3c2OCCO3)cc1. The molecule has 1 aliphatic heterocycles. The first kappa shape index (κ1) is 12.3. The lowest BCUT2D eigenvalue weighted by Crippen LogP contribution is -2.15. The van der Waals surface area contributed by atoms with E-state index in [9.17, 15) is 5.11 Å². The summed E-state index contributed by atoms with van der Waals surface area (Å²) in [6.45, 7) is 1.03. The second-order valence-corrected chi connectivity index (χ2v) is 5.20. The summed E-state index contributed by atoms with van der Waals surface area (Å²) in [4.78, 5) is 1.79. The van der Waals surface area contributed by atoms with Crippen LogP contribution < -0.4 is 14.2 Å². The lowest BCUT2D eigenvalue weighted by atomic mass is 10.1. The van der Waals surface area contributed by atoms with Gasteiger partial charge in [0.15, 0.2) is 11.5 Å². The maximum Gasteiger partial charge on any atom is 0.180 e. The van der Waals surface area contributed by atoms with Crippen LogP contribution in [0.3, 0.4) is 0 Å². The summed E-state index contributed by atoms with van der Waals surface area (Å²) in [7, 11) is 1.64. The Kier molecular flexibility index (Phi) is 3.31. The van der Waals surface area contributed by atoms with Crippen molar-refractivity contribution in [3.63, 3.8) is 0 Å². The van der Waals surface area contributed by atoms with Crippen molar-refractivity contribution in [2.75, 3.05) is 20.3 Å². The molecule has 0 atom stereocenters. The van der Waals surface area contributed by atoms with E-state index in [1.807, 2.05) is 24.3 Å². The molecule has 0 bridgehead atoms. The van der Waals surface area contributed by atoms with E-state index in [0.717, 1.165) is 26.8 Å². The average molecular weight is 278 g/mol. The van der Waals surface area contributed by atoms with Crippen LogP contribution in [0.4, 0.5) is 0 Å². The molecule has 3 rings (SSSR count). The van der Waals surface area contributed by atoms with Gasteiger partial charge in [0, 0.05) is 0 Å². The van der Waals surface area contributed by atoms with Gasteiger partial charge in [-0.05, 0) is 29.8 Å². The Morgan fingerprint density at radius 3 is 2.47 bits per heavy atom. The Morgan fingerprint density at radius 2 is 1.84 bits per heavy atom. The number of methoxy groups -OCH3 is 1. The molecule has 0 spiro atoms. The zero-order valence-electron chi connectivity index (χ0n) is 10.5. The molecule has 5 heteroatoms. The highest BCUT2D eigenvalue weighted by Gasteiger charge is 2.24. The zero-order valence-corrected chi connectivity index (χ0v) is 11.3. The minimum absolute atomic E-state index is 0.0352. The van der Waals surface area contributed by atoms with Crippen LogP contribution in [0.2, 0.25) is 0 Å². The quantitative estimate of drug-likeness (QED) is 0.937. The van der Waals surface area contributed by atoms with Crippen LogP contribution in [0.15, 0.2) is 24.3 Å². The van der Waals surface area contributed by atoms with Crippen LogP contribution in [0.5, 0.6) is 17.2 Å². The first-order chi connectivity index (χ1) is 9.33. The van der Waals surface area contributed by atoms with Crippen molar-refractivity contribution in [3.05, 3.63) is 29.1 Å². The smallest absolute Gasteiger partial charge is 0.180 e. The van der Waals surface area contributed by atoms with Gasteiger partial charge in [-0.15, -0.1) is 11.3 Å². The molecule has 1 aliphatic rings. The molecule has 0 saturated carbocycles. The summed E-state index contributed by atoms with van der Waals surface area (Å²) >= 11 is 1.50. The van der Waals surface area contributed by atoms with Crippen LogP contribution in [0.1, 0.15) is 4.88 Å². The molecule has 100 valence electrons. The summed E-state index contributed by atoms with van der Waals surface area (Å²) in [6, 6.07) is 7.77. The Bertz CT molecular complexity index is 574. The lowest BCUT2D eigenvalue weighted by Gasteiger charge is -2.17. The number of hydrogen-bond donors (Lipinski definition) is 1. The number of hydrogen-bond acceptors (Lipinski definition) is 5. The Morgan fingerprint density at radius 1 is 1.16 bits per heavy atom.